The van der Waals surface area contributed by atoms with E-state index in [4.69, 9.17) is 24.7 Å². The predicted molar refractivity (Wildman–Crippen MR) is 175 cm³/mol. The van der Waals surface area contributed by atoms with Crippen LogP contribution in [0.15, 0.2) is 78.9 Å². The summed E-state index contributed by atoms with van der Waals surface area (Å²) in [6, 6.07) is 19.2. The third-order valence-corrected chi connectivity index (χ3v) is 7.81. The first-order valence-corrected chi connectivity index (χ1v) is 15.1. The van der Waals surface area contributed by atoms with Crippen molar-refractivity contribution in [1.29, 1.82) is 0 Å². The van der Waals surface area contributed by atoms with Crippen LogP contribution in [0.5, 0.6) is 11.5 Å². The van der Waals surface area contributed by atoms with Gasteiger partial charge in [-0.25, -0.2) is 19.2 Å². The van der Waals surface area contributed by atoms with E-state index in [0.717, 1.165) is 0 Å². The van der Waals surface area contributed by atoms with Crippen LogP contribution in [0.25, 0.3) is 0 Å². The molecular weight excluding hydrogens is 630 g/mol. The van der Waals surface area contributed by atoms with Crippen LogP contribution in [0, 0.1) is 0 Å². The van der Waals surface area contributed by atoms with Crippen molar-refractivity contribution < 1.29 is 48.0 Å². The van der Waals surface area contributed by atoms with Crippen LogP contribution in [-0.4, -0.2) is 52.2 Å². The molecule has 0 saturated carbocycles. The summed E-state index contributed by atoms with van der Waals surface area (Å²) in [5.74, 6) is -5.00. The van der Waals surface area contributed by atoms with Crippen molar-refractivity contribution >= 4 is 42.3 Å². The van der Waals surface area contributed by atoms with Gasteiger partial charge in [-0.15, -0.1) is 12.4 Å². The van der Waals surface area contributed by atoms with Crippen LogP contribution in [0.3, 0.4) is 0 Å². The van der Waals surface area contributed by atoms with Crippen LogP contribution in [-0.2, 0) is 30.3 Å². The summed E-state index contributed by atoms with van der Waals surface area (Å²) < 4.78 is 22.9. The van der Waals surface area contributed by atoms with Gasteiger partial charge >= 0.3 is 29.8 Å². The Kier molecular flexibility index (Phi) is 14.1. The molecule has 0 heterocycles. The highest BCUT2D eigenvalue weighted by Crippen LogP contribution is 2.35. The second-order valence-electron chi connectivity index (χ2n) is 10.6. The lowest BCUT2D eigenvalue weighted by molar-refractivity contribution is -0.159. The first-order chi connectivity index (χ1) is 21.9. The van der Waals surface area contributed by atoms with Crippen molar-refractivity contribution in [3.63, 3.8) is 0 Å². The molecule has 0 aromatic heterocycles. The molecule has 0 aliphatic carbocycles. The largest absolute Gasteiger partial charge is 0.480 e. The SMILES string of the molecule is CCC(CC)(OC(=O)c1ccccc1)C(=O)Oc1ccc(C[C@H](N)C(=O)O)cc1OC(=O)C(CC)(CC)OC(=O)c1ccccc1.Cl. The summed E-state index contributed by atoms with van der Waals surface area (Å²) in [5.41, 5.74) is 3.19. The Morgan fingerprint density at radius 3 is 1.45 bits per heavy atom. The minimum atomic E-state index is -1.70. The second-order valence-corrected chi connectivity index (χ2v) is 10.6. The smallest absolute Gasteiger partial charge is 0.356 e. The Morgan fingerprint density at radius 2 is 1.06 bits per heavy atom. The summed E-state index contributed by atoms with van der Waals surface area (Å²) >= 11 is 0. The van der Waals surface area contributed by atoms with E-state index in [2.05, 4.69) is 0 Å². The monoisotopic (exact) mass is 669 g/mol. The summed E-state index contributed by atoms with van der Waals surface area (Å²) in [6.45, 7) is 6.64. The topological polar surface area (TPSA) is 169 Å². The van der Waals surface area contributed by atoms with Crippen molar-refractivity contribution in [2.75, 3.05) is 0 Å². The lowest BCUT2D eigenvalue weighted by Crippen LogP contribution is -2.46. The Bertz CT molecular complexity index is 1540. The molecule has 0 aliphatic rings. The molecule has 0 radical (unpaired) electrons. The summed E-state index contributed by atoms with van der Waals surface area (Å²) in [5, 5.41) is 9.31. The lowest BCUT2D eigenvalue weighted by atomic mass is 9.96. The fourth-order valence-electron chi connectivity index (χ4n) is 4.64. The molecule has 0 saturated heterocycles. The van der Waals surface area contributed by atoms with Crippen molar-refractivity contribution in [3.05, 3.63) is 95.6 Å². The van der Waals surface area contributed by atoms with Gasteiger partial charge in [0.25, 0.3) is 0 Å². The number of rotatable bonds is 15. The Balaban J connectivity index is 0.00000768. The van der Waals surface area contributed by atoms with Gasteiger partial charge in [-0.3, -0.25) is 4.79 Å². The molecule has 0 bridgehead atoms. The van der Waals surface area contributed by atoms with Crippen LogP contribution in [0.4, 0.5) is 0 Å². The Hall–Kier alpha value is -4.74. The molecule has 1 atom stereocenters. The molecule has 0 aliphatic heterocycles. The first-order valence-electron chi connectivity index (χ1n) is 15.1. The Morgan fingerprint density at radius 1 is 0.660 bits per heavy atom. The van der Waals surface area contributed by atoms with Gasteiger partial charge in [-0.1, -0.05) is 70.2 Å². The van der Waals surface area contributed by atoms with Gasteiger partial charge in [0.05, 0.1) is 11.1 Å². The fraction of sp³-hybridized carbons (Fsp3) is 0.343. The highest BCUT2D eigenvalue weighted by Gasteiger charge is 2.44. The minimum absolute atomic E-state index is 0. The van der Waals surface area contributed by atoms with E-state index in [9.17, 15) is 29.1 Å². The number of aliphatic carboxylic acids is 1. The third-order valence-electron chi connectivity index (χ3n) is 7.81. The van der Waals surface area contributed by atoms with Crippen LogP contribution >= 0.6 is 12.4 Å². The van der Waals surface area contributed by atoms with E-state index in [0.29, 0.717) is 5.56 Å². The number of carbonyl (C=O) groups is 5. The first kappa shape index (κ1) is 38.4. The number of hydrogen-bond donors (Lipinski definition) is 2. The molecule has 0 amide bonds. The zero-order valence-corrected chi connectivity index (χ0v) is 27.5. The van der Waals surface area contributed by atoms with E-state index in [-0.39, 0.29) is 67.1 Å². The predicted octanol–water partition coefficient (Wildman–Crippen LogP) is 5.71. The molecule has 0 spiro atoms. The van der Waals surface area contributed by atoms with Crippen LogP contribution in [0.2, 0.25) is 0 Å². The maximum Gasteiger partial charge on any atom is 0.356 e. The van der Waals surface area contributed by atoms with Crippen molar-refractivity contribution in [1.82, 2.24) is 0 Å². The summed E-state index contributed by atoms with van der Waals surface area (Å²) in [4.78, 5) is 64.6. The molecule has 47 heavy (non-hydrogen) atoms. The normalized spacial score (nSPS) is 11.8. The average Bonchev–Trinajstić information content (AvgIpc) is 3.07. The lowest BCUT2D eigenvalue weighted by Gasteiger charge is -2.30. The average molecular weight is 670 g/mol. The number of hydrogen-bond acceptors (Lipinski definition) is 10. The summed E-state index contributed by atoms with van der Waals surface area (Å²) in [7, 11) is 0. The van der Waals surface area contributed by atoms with Crippen molar-refractivity contribution in [2.24, 2.45) is 5.73 Å². The highest BCUT2D eigenvalue weighted by molar-refractivity contribution is 5.94. The molecule has 0 unspecified atom stereocenters. The minimum Gasteiger partial charge on any atom is -0.480 e. The third kappa shape index (κ3) is 9.40. The molecule has 3 aromatic carbocycles. The molecule has 11 nitrogen and oxygen atoms in total. The molecule has 3 aromatic rings. The van der Waals surface area contributed by atoms with Gasteiger partial charge in [0, 0.05) is 0 Å². The van der Waals surface area contributed by atoms with Gasteiger partial charge in [-0.05, 0) is 74.1 Å². The summed E-state index contributed by atoms with van der Waals surface area (Å²) in [6.07, 6.45) is 0.136. The maximum absolute atomic E-state index is 13.7. The molecule has 3 rings (SSSR count). The van der Waals surface area contributed by atoms with Gasteiger partial charge < -0.3 is 29.8 Å². The maximum atomic E-state index is 13.7. The Labute approximate surface area is 279 Å². The molecule has 3 N–H and O–H groups in total. The number of benzene rings is 3. The molecule has 0 fully saturated rings. The number of carboxylic acid groups (broad SMARTS) is 1. The van der Waals surface area contributed by atoms with E-state index < -0.39 is 47.1 Å². The molecule has 252 valence electrons. The quantitative estimate of drug-likeness (QED) is 0.150. The standard InChI is InChI=1S/C35H39NO10.ClH/c1-5-34(6-2,45-30(39)24-15-11-9-12-16-24)32(41)43-27-20-19-23(21-26(36)29(37)38)22-28(27)44-33(42)35(7-3,8-4)46-31(40)25-17-13-10-14-18-25;/h9-20,22,26H,5-8,21,36H2,1-4H3,(H,37,38);1H/t26-;/m0./s1. The van der Waals surface area contributed by atoms with E-state index in [1.54, 1.807) is 88.4 Å². The van der Waals surface area contributed by atoms with Gasteiger partial charge in [0.1, 0.15) is 6.04 Å². The molecule has 12 heteroatoms. The number of nitrogens with two attached hydrogens (primary N) is 1. The fourth-order valence-corrected chi connectivity index (χ4v) is 4.64. The highest BCUT2D eigenvalue weighted by atomic mass is 35.5. The van der Waals surface area contributed by atoms with E-state index >= 15 is 0 Å². The van der Waals surface area contributed by atoms with Gasteiger partial charge in [-0.2, -0.15) is 0 Å². The zero-order chi connectivity index (χ0) is 33.9. The van der Waals surface area contributed by atoms with E-state index in [1.165, 1.54) is 18.2 Å². The van der Waals surface area contributed by atoms with Crippen molar-refractivity contribution in [3.8, 4) is 11.5 Å². The number of ether oxygens (including phenoxy) is 4. The van der Waals surface area contributed by atoms with E-state index in [1.807, 2.05) is 0 Å². The number of carboxylic acids is 1. The zero-order valence-electron chi connectivity index (χ0n) is 26.7. The second kappa shape index (κ2) is 17.3. The van der Waals surface area contributed by atoms with Gasteiger partial charge in [0.2, 0.25) is 11.2 Å². The number of halogens is 1. The van der Waals surface area contributed by atoms with Crippen LogP contribution in [0.1, 0.15) is 79.7 Å². The number of carbonyl (C=O) groups excluding carboxylic acids is 4. The number of esters is 4. The van der Waals surface area contributed by atoms with Crippen molar-refractivity contribution in [2.45, 2.75) is 77.0 Å². The molecular formula is C35H40ClNO10. The van der Waals surface area contributed by atoms with Crippen LogP contribution < -0.4 is 15.2 Å². The van der Waals surface area contributed by atoms with Gasteiger partial charge in [0.15, 0.2) is 11.5 Å².